The third-order valence-corrected chi connectivity index (χ3v) is 2.91. The molecule has 0 aliphatic carbocycles. The van der Waals surface area contributed by atoms with Gasteiger partial charge in [-0.05, 0) is 19.1 Å². The Balaban J connectivity index is 2.09. The molecule has 106 valence electrons. The van der Waals surface area contributed by atoms with Gasteiger partial charge in [-0.2, -0.15) is 5.10 Å². The predicted octanol–water partition coefficient (Wildman–Crippen LogP) is 0.284. The molecule has 1 aromatic heterocycles. The molecule has 0 aliphatic rings. The van der Waals surface area contributed by atoms with E-state index >= 15 is 0 Å². The van der Waals surface area contributed by atoms with Crippen molar-refractivity contribution in [3.05, 3.63) is 40.7 Å². The van der Waals surface area contributed by atoms with Gasteiger partial charge in [0.05, 0.1) is 24.4 Å². The van der Waals surface area contributed by atoms with Crippen molar-refractivity contribution in [1.82, 2.24) is 15.1 Å². The summed E-state index contributed by atoms with van der Waals surface area (Å²) >= 11 is 0. The Kier molecular flexibility index (Phi) is 4.47. The van der Waals surface area contributed by atoms with E-state index in [0.717, 1.165) is 0 Å². The van der Waals surface area contributed by atoms with Crippen molar-refractivity contribution < 1.29 is 9.90 Å². The summed E-state index contributed by atoms with van der Waals surface area (Å²) in [6.07, 6.45) is 0.938. The second kappa shape index (κ2) is 6.29. The van der Waals surface area contributed by atoms with Gasteiger partial charge >= 0.3 is 0 Å². The van der Waals surface area contributed by atoms with E-state index in [4.69, 9.17) is 5.11 Å². The number of amides is 1. The van der Waals surface area contributed by atoms with Gasteiger partial charge in [-0.3, -0.25) is 14.3 Å². The zero-order valence-corrected chi connectivity index (χ0v) is 11.2. The van der Waals surface area contributed by atoms with Crippen LogP contribution in [0.4, 0.5) is 0 Å². The molecule has 2 aromatic rings. The van der Waals surface area contributed by atoms with Crippen LogP contribution in [0.2, 0.25) is 0 Å². The van der Waals surface area contributed by atoms with Crippen LogP contribution >= 0.6 is 0 Å². The summed E-state index contributed by atoms with van der Waals surface area (Å²) < 4.78 is 1.64. The first kappa shape index (κ1) is 14.2. The number of hydrogen-bond donors (Lipinski definition) is 2. The van der Waals surface area contributed by atoms with E-state index in [2.05, 4.69) is 10.4 Å². The minimum atomic E-state index is -0.565. The number of hydrogen-bond acceptors (Lipinski definition) is 4. The summed E-state index contributed by atoms with van der Waals surface area (Å²) in [5, 5.41) is 16.3. The maximum Gasteiger partial charge on any atom is 0.221 e. The van der Waals surface area contributed by atoms with E-state index in [1.54, 1.807) is 29.8 Å². The number of para-hydroxylation sites is 1. The van der Waals surface area contributed by atoms with E-state index in [1.807, 2.05) is 6.07 Å². The monoisotopic (exact) mass is 275 g/mol. The Morgan fingerprint density at radius 2 is 2.20 bits per heavy atom. The molecule has 1 amide bonds. The Morgan fingerprint density at radius 1 is 1.45 bits per heavy atom. The highest BCUT2D eigenvalue weighted by atomic mass is 16.3. The molecule has 0 spiro atoms. The van der Waals surface area contributed by atoms with E-state index in [9.17, 15) is 9.59 Å². The fourth-order valence-electron chi connectivity index (χ4n) is 1.90. The molecule has 0 fully saturated rings. The van der Waals surface area contributed by atoms with Crippen LogP contribution in [-0.4, -0.2) is 33.4 Å². The summed E-state index contributed by atoms with van der Waals surface area (Å²) in [4.78, 5) is 23.3. The SMILES string of the molecule is CC(O)CNC(=O)CCn1ncc(=O)c2ccccc21. The number of aryl methyl sites for hydroxylation is 1. The number of fused-ring (bicyclic) bond motifs is 1. The molecular weight excluding hydrogens is 258 g/mol. The number of aliphatic hydroxyl groups is 1. The predicted molar refractivity (Wildman–Crippen MR) is 75.3 cm³/mol. The van der Waals surface area contributed by atoms with Gasteiger partial charge in [-0.25, -0.2) is 0 Å². The van der Waals surface area contributed by atoms with Crippen LogP contribution in [0.3, 0.4) is 0 Å². The number of carbonyl (C=O) groups excluding carboxylic acids is 1. The van der Waals surface area contributed by atoms with Gasteiger partial charge in [0.15, 0.2) is 0 Å². The van der Waals surface area contributed by atoms with Crippen LogP contribution in [0.5, 0.6) is 0 Å². The molecule has 6 heteroatoms. The molecule has 6 nitrogen and oxygen atoms in total. The summed E-state index contributed by atoms with van der Waals surface area (Å²) in [5.41, 5.74) is 0.582. The largest absolute Gasteiger partial charge is 0.392 e. The van der Waals surface area contributed by atoms with Gasteiger partial charge in [-0.15, -0.1) is 0 Å². The lowest BCUT2D eigenvalue weighted by atomic mass is 10.2. The average molecular weight is 275 g/mol. The van der Waals surface area contributed by atoms with Crippen molar-refractivity contribution >= 4 is 16.8 Å². The highest BCUT2D eigenvalue weighted by molar-refractivity contribution is 5.79. The fourth-order valence-corrected chi connectivity index (χ4v) is 1.90. The van der Waals surface area contributed by atoms with E-state index in [1.165, 1.54) is 6.20 Å². The second-order valence-corrected chi connectivity index (χ2v) is 4.65. The smallest absolute Gasteiger partial charge is 0.221 e. The molecule has 1 heterocycles. The molecule has 1 aromatic carbocycles. The van der Waals surface area contributed by atoms with Crippen molar-refractivity contribution in [2.45, 2.75) is 26.0 Å². The van der Waals surface area contributed by atoms with Crippen LogP contribution in [0.1, 0.15) is 13.3 Å². The first-order valence-electron chi connectivity index (χ1n) is 6.47. The molecule has 0 saturated carbocycles. The summed E-state index contributed by atoms with van der Waals surface area (Å²) in [5.74, 6) is -0.157. The Hall–Kier alpha value is -2.21. The lowest BCUT2D eigenvalue weighted by molar-refractivity contribution is -0.121. The highest BCUT2D eigenvalue weighted by Crippen LogP contribution is 2.08. The Labute approximate surface area is 116 Å². The Bertz CT molecular complexity index is 664. The van der Waals surface area contributed by atoms with Crippen LogP contribution in [-0.2, 0) is 11.3 Å². The fraction of sp³-hybridized carbons (Fsp3) is 0.357. The molecule has 0 bridgehead atoms. The maximum absolute atomic E-state index is 11.7. The summed E-state index contributed by atoms with van der Waals surface area (Å²) in [6.45, 7) is 2.22. The number of benzene rings is 1. The average Bonchev–Trinajstić information content (AvgIpc) is 2.45. The van der Waals surface area contributed by atoms with Crippen LogP contribution < -0.4 is 10.7 Å². The number of nitrogens with zero attached hydrogens (tertiary/aromatic N) is 2. The third kappa shape index (κ3) is 3.42. The van der Waals surface area contributed by atoms with Crippen molar-refractivity contribution in [3.63, 3.8) is 0 Å². The lowest BCUT2D eigenvalue weighted by Gasteiger charge is -2.10. The lowest BCUT2D eigenvalue weighted by Crippen LogP contribution is -2.31. The first-order valence-corrected chi connectivity index (χ1v) is 6.47. The van der Waals surface area contributed by atoms with Gasteiger partial charge in [0.1, 0.15) is 0 Å². The van der Waals surface area contributed by atoms with Gasteiger partial charge < -0.3 is 10.4 Å². The molecule has 2 rings (SSSR count). The quantitative estimate of drug-likeness (QED) is 0.821. The van der Waals surface area contributed by atoms with Crippen LogP contribution in [0, 0.1) is 0 Å². The number of rotatable bonds is 5. The van der Waals surface area contributed by atoms with Crippen molar-refractivity contribution in [2.24, 2.45) is 0 Å². The number of nitrogens with one attached hydrogen (secondary N) is 1. The molecule has 1 atom stereocenters. The normalized spacial score (nSPS) is 12.3. The molecule has 0 saturated heterocycles. The second-order valence-electron chi connectivity index (χ2n) is 4.65. The standard InChI is InChI=1S/C14H17N3O3/c1-10(18)8-15-14(20)6-7-17-12-5-3-2-4-11(12)13(19)9-16-17/h2-5,9-10,18H,6-8H2,1H3,(H,15,20). The molecule has 0 aliphatic heterocycles. The van der Waals surface area contributed by atoms with Crippen molar-refractivity contribution in [1.29, 1.82) is 0 Å². The number of aromatic nitrogens is 2. The zero-order valence-electron chi connectivity index (χ0n) is 11.2. The third-order valence-electron chi connectivity index (χ3n) is 2.91. The molecule has 20 heavy (non-hydrogen) atoms. The number of aliphatic hydroxyl groups excluding tert-OH is 1. The van der Waals surface area contributed by atoms with Crippen molar-refractivity contribution in [3.8, 4) is 0 Å². The van der Waals surface area contributed by atoms with Crippen LogP contribution in [0.15, 0.2) is 35.3 Å². The zero-order chi connectivity index (χ0) is 14.5. The summed E-state index contributed by atoms with van der Waals surface area (Å²) in [7, 11) is 0. The van der Waals surface area contributed by atoms with Gasteiger partial charge in [-0.1, -0.05) is 12.1 Å². The minimum Gasteiger partial charge on any atom is -0.392 e. The van der Waals surface area contributed by atoms with E-state index < -0.39 is 6.10 Å². The Morgan fingerprint density at radius 3 is 2.95 bits per heavy atom. The van der Waals surface area contributed by atoms with E-state index in [-0.39, 0.29) is 24.3 Å². The molecule has 0 radical (unpaired) electrons. The summed E-state index contributed by atoms with van der Waals surface area (Å²) in [6, 6.07) is 7.16. The molecule has 1 unspecified atom stereocenters. The van der Waals surface area contributed by atoms with Gasteiger partial charge in [0.2, 0.25) is 11.3 Å². The van der Waals surface area contributed by atoms with E-state index in [0.29, 0.717) is 17.4 Å². The number of carbonyl (C=O) groups is 1. The molecular formula is C14H17N3O3. The minimum absolute atomic E-state index is 0.129. The topological polar surface area (TPSA) is 84.2 Å². The highest BCUT2D eigenvalue weighted by Gasteiger charge is 2.06. The molecule has 2 N–H and O–H groups in total. The van der Waals surface area contributed by atoms with Crippen LogP contribution in [0.25, 0.3) is 10.9 Å². The first-order chi connectivity index (χ1) is 9.58. The maximum atomic E-state index is 11.7. The van der Waals surface area contributed by atoms with Gasteiger partial charge in [0.25, 0.3) is 0 Å². The van der Waals surface area contributed by atoms with Gasteiger partial charge in [0, 0.05) is 18.4 Å². The van der Waals surface area contributed by atoms with Crippen molar-refractivity contribution in [2.75, 3.05) is 6.54 Å².